The van der Waals surface area contributed by atoms with Gasteiger partial charge in [0, 0.05) is 11.3 Å². The van der Waals surface area contributed by atoms with E-state index in [9.17, 15) is 9.59 Å². The fourth-order valence-corrected chi connectivity index (χ4v) is 4.58. The smallest absolute Gasteiger partial charge is 0.338 e. The number of benzene rings is 3. The molecule has 3 aromatic carbocycles. The zero-order chi connectivity index (χ0) is 25.1. The fraction of sp³-hybridized carbons (Fsp3) is 0.148. The molecular weight excluding hydrogens is 474 g/mol. The van der Waals surface area contributed by atoms with Gasteiger partial charge in [-0.25, -0.2) is 9.78 Å². The van der Waals surface area contributed by atoms with Crippen LogP contribution in [-0.2, 0) is 9.53 Å². The Morgan fingerprint density at radius 2 is 1.81 bits per heavy atom. The van der Waals surface area contributed by atoms with Gasteiger partial charge in [-0.15, -0.1) is 10.2 Å². The van der Waals surface area contributed by atoms with Crippen molar-refractivity contribution >= 4 is 46.0 Å². The molecule has 2 aromatic heterocycles. The lowest BCUT2D eigenvalue weighted by Gasteiger charge is -2.09. The van der Waals surface area contributed by atoms with E-state index < -0.39 is 5.97 Å². The van der Waals surface area contributed by atoms with Crippen molar-refractivity contribution in [3.05, 3.63) is 83.9 Å². The number of amides is 1. The summed E-state index contributed by atoms with van der Waals surface area (Å²) in [6.45, 7) is 4.07. The minimum Gasteiger partial charge on any atom is -0.462 e. The van der Waals surface area contributed by atoms with Crippen LogP contribution in [0, 0.1) is 6.92 Å². The molecule has 0 radical (unpaired) electrons. The Hall–Kier alpha value is -4.24. The Morgan fingerprint density at radius 3 is 2.61 bits per heavy atom. The first-order chi connectivity index (χ1) is 17.5. The van der Waals surface area contributed by atoms with Crippen molar-refractivity contribution in [3.8, 4) is 11.4 Å². The number of carbonyl (C=O) groups excluding carboxylic acids is 2. The van der Waals surface area contributed by atoms with Crippen molar-refractivity contribution < 1.29 is 14.3 Å². The van der Waals surface area contributed by atoms with Gasteiger partial charge in [-0.3, -0.25) is 9.20 Å². The lowest BCUT2D eigenvalue weighted by Crippen LogP contribution is -2.15. The number of anilines is 1. The van der Waals surface area contributed by atoms with Gasteiger partial charge in [0.15, 0.2) is 11.5 Å². The minimum absolute atomic E-state index is 0.108. The maximum atomic E-state index is 12.7. The van der Waals surface area contributed by atoms with Crippen molar-refractivity contribution in [2.24, 2.45) is 0 Å². The molecule has 5 rings (SSSR count). The topological polar surface area (TPSA) is 98.5 Å². The van der Waals surface area contributed by atoms with Gasteiger partial charge in [0.1, 0.15) is 5.03 Å². The van der Waals surface area contributed by atoms with E-state index >= 15 is 0 Å². The van der Waals surface area contributed by atoms with Crippen LogP contribution >= 0.6 is 11.8 Å². The van der Waals surface area contributed by atoms with Crippen LogP contribution in [0.1, 0.15) is 22.8 Å². The van der Waals surface area contributed by atoms with Crippen LogP contribution in [0.25, 0.3) is 28.1 Å². The summed E-state index contributed by atoms with van der Waals surface area (Å²) in [7, 11) is 0. The van der Waals surface area contributed by atoms with Crippen LogP contribution < -0.4 is 5.32 Å². The molecule has 2 heterocycles. The molecule has 0 aliphatic rings. The van der Waals surface area contributed by atoms with Gasteiger partial charge in [0.05, 0.1) is 29.0 Å². The van der Waals surface area contributed by atoms with Gasteiger partial charge in [-0.05, 0) is 44.2 Å². The summed E-state index contributed by atoms with van der Waals surface area (Å²) in [5, 5.41) is 12.3. The van der Waals surface area contributed by atoms with Crippen LogP contribution in [0.5, 0.6) is 0 Å². The summed E-state index contributed by atoms with van der Waals surface area (Å²) >= 11 is 1.28. The van der Waals surface area contributed by atoms with Crippen LogP contribution in [0.4, 0.5) is 5.69 Å². The largest absolute Gasteiger partial charge is 0.462 e. The Balaban J connectivity index is 1.41. The number of fused-ring (bicyclic) bond motifs is 3. The van der Waals surface area contributed by atoms with Gasteiger partial charge in [0.25, 0.3) is 0 Å². The summed E-state index contributed by atoms with van der Waals surface area (Å²) in [4.78, 5) is 29.5. The Kier molecular flexibility index (Phi) is 6.64. The minimum atomic E-state index is -0.429. The maximum absolute atomic E-state index is 12.7. The molecule has 8 nitrogen and oxygen atoms in total. The second-order valence-electron chi connectivity index (χ2n) is 8.09. The number of hydrogen-bond donors (Lipinski definition) is 1. The Morgan fingerprint density at radius 1 is 1.00 bits per heavy atom. The van der Waals surface area contributed by atoms with E-state index in [1.807, 2.05) is 59.9 Å². The molecule has 9 heteroatoms. The third kappa shape index (κ3) is 4.78. The van der Waals surface area contributed by atoms with Crippen molar-refractivity contribution in [3.63, 3.8) is 0 Å². The predicted octanol–water partition coefficient (Wildman–Crippen LogP) is 5.16. The highest BCUT2D eigenvalue weighted by molar-refractivity contribution is 8.00. The highest BCUT2D eigenvalue weighted by atomic mass is 32.2. The lowest BCUT2D eigenvalue weighted by molar-refractivity contribution is -0.113. The SMILES string of the molecule is CCOC(=O)c1cccc(NC(=O)CSc2nc3ccccc3n3c(-c4ccc(C)cc4)nnc23)c1. The third-order valence-corrected chi connectivity index (χ3v) is 6.46. The third-order valence-electron chi connectivity index (χ3n) is 5.51. The number of rotatable bonds is 7. The average Bonchev–Trinajstić information content (AvgIpc) is 3.34. The van der Waals surface area contributed by atoms with Gasteiger partial charge in [-0.2, -0.15) is 0 Å². The number of para-hydroxylation sites is 2. The summed E-state index contributed by atoms with van der Waals surface area (Å²) in [5.41, 5.74) is 5.26. The Labute approximate surface area is 211 Å². The second kappa shape index (κ2) is 10.2. The van der Waals surface area contributed by atoms with Crippen LogP contribution in [0.15, 0.2) is 77.8 Å². The molecule has 36 heavy (non-hydrogen) atoms. The summed E-state index contributed by atoms with van der Waals surface area (Å²) in [6.07, 6.45) is 0. The molecule has 0 spiro atoms. The number of nitrogens with one attached hydrogen (secondary N) is 1. The number of aromatic nitrogens is 4. The van der Waals surface area contributed by atoms with Crippen LogP contribution in [0.3, 0.4) is 0 Å². The van der Waals surface area contributed by atoms with Crippen molar-refractivity contribution in [2.45, 2.75) is 18.9 Å². The van der Waals surface area contributed by atoms with Crippen molar-refractivity contribution in [1.82, 2.24) is 19.6 Å². The normalized spacial score (nSPS) is 11.1. The first-order valence-electron chi connectivity index (χ1n) is 11.4. The maximum Gasteiger partial charge on any atom is 0.338 e. The summed E-state index contributed by atoms with van der Waals surface area (Å²) < 4.78 is 7.01. The van der Waals surface area contributed by atoms with E-state index in [1.165, 1.54) is 11.8 Å². The first-order valence-corrected chi connectivity index (χ1v) is 12.4. The van der Waals surface area contributed by atoms with Crippen LogP contribution in [0.2, 0.25) is 0 Å². The van der Waals surface area contributed by atoms with Gasteiger partial charge in [0.2, 0.25) is 5.91 Å². The van der Waals surface area contributed by atoms with Gasteiger partial charge in [-0.1, -0.05) is 59.8 Å². The number of esters is 1. The zero-order valence-corrected chi connectivity index (χ0v) is 20.6. The van der Waals surface area contributed by atoms with Crippen molar-refractivity contribution in [2.75, 3.05) is 17.7 Å². The number of nitrogens with zero attached hydrogens (tertiary/aromatic N) is 4. The molecule has 1 amide bonds. The highest BCUT2D eigenvalue weighted by Crippen LogP contribution is 2.29. The first kappa shape index (κ1) is 23.5. The predicted molar refractivity (Wildman–Crippen MR) is 140 cm³/mol. The summed E-state index contributed by atoms with van der Waals surface area (Å²) in [5.74, 6) is 0.164. The molecule has 5 aromatic rings. The van der Waals surface area contributed by atoms with Gasteiger partial charge < -0.3 is 10.1 Å². The monoisotopic (exact) mass is 497 g/mol. The molecule has 0 unspecified atom stereocenters. The van der Waals surface area contributed by atoms with E-state index in [1.54, 1.807) is 31.2 Å². The zero-order valence-electron chi connectivity index (χ0n) is 19.8. The molecule has 0 aliphatic heterocycles. The fourth-order valence-electron chi connectivity index (χ4n) is 3.81. The molecule has 0 fully saturated rings. The van der Waals surface area contributed by atoms with Crippen molar-refractivity contribution in [1.29, 1.82) is 0 Å². The number of thioether (sulfide) groups is 1. The van der Waals surface area contributed by atoms with E-state index in [-0.39, 0.29) is 18.3 Å². The molecule has 180 valence electrons. The Bertz CT molecular complexity index is 1580. The van der Waals surface area contributed by atoms with Gasteiger partial charge >= 0.3 is 5.97 Å². The van der Waals surface area contributed by atoms with E-state index in [0.29, 0.717) is 27.7 Å². The van der Waals surface area contributed by atoms with E-state index in [0.717, 1.165) is 22.2 Å². The molecule has 0 bridgehead atoms. The van der Waals surface area contributed by atoms with Crippen LogP contribution in [-0.4, -0.2) is 43.8 Å². The molecule has 0 saturated carbocycles. The standard InChI is InChI=1S/C27H23N5O3S/c1-3-35-27(34)19-7-6-8-20(15-19)28-23(33)16-36-26-25-31-30-24(18-13-11-17(2)12-14-18)32(25)22-10-5-4-9-21(22)29-26/h4-15H,3,16H2,1-2H3,(H,28,33). The number of carbonyl (C=O) groups is 2. The number of ether oxygens (including phenoxy) is 1. The molecule has 0 aliphatic carbocycles. The highest BCUT2D eigenvalue weighted by Gasteiger charge is 2.18. The summed E-state index contributed by atoms with van der Waals surface area (Å²) in [6, 6.07) is 22.6. The number of aryl methyl sites for hydroxylation is 1. The quantitative estimate of drug-likeness (QED) is 0.245. The van der Waals surface area contributed by atoms with E-state index in [2.05, 4.69) is 15.5 Å². The molecule has 1 N–H and O–H groups in total. The second-order valence-corrected chi connectivity index (χ2v) is 9.06. The average molecular weight is 498 g/mol. The lowest BCUT2D eigenvalue weighted by atomic mass is 10.1. The molecular formula is C27H23N5O3S. The molecule has 0 atom stereocenters. The van der Waals surface area contributed by atoms with E-state index in [4.69, 9.17) is 9.72 Å². The number of hydrogen-bond acceptors (Lipinski definition) is 7. The molecule has 0 saturated heterocycles.